The van der Waals surface area contributed by atoms with Gasteiger partial charge in [-0.3, -0.25) is 4.68 Å². The Bertz CT molecular complexity index is 460. The number of hydrogen-bond donors (Lipinski definition) is 1. The topological polar surface area (TPSA) is 38.1 Å². The summed E-state index contributed by atoms with van der Waals surface area (Å²) >= 11 is 0. The molecule has 0 fully saturated rings. The van der Waals surface area contributed by atoms with Gasteiger partial charge in [-0.15, -0.1) is 0 Å². The molecule has 15 heavy (non-hydrogen) atoms. The molecule has 0 saturated heterocycles. The number of nitrogens with zero attached hydrogens (tertiary/aromatic N) is 2. The third kappa shape index (κ3) is 2.02. The van der Waals surface area contributed by atoms with Gasteiger partial charge in [-0.05, 0) is 25.8 Å². The number of aliphatic hydroxyl groups excluding tert-OH is 1. The van der Waals surface area contributed by atoms with Gasteiger partial charge in [-0.25, -0.2) is 0 Å². The van der Waals surface area contributed by atoms with Crippen molar-refractivity contribution in [3.8, 4) is 0 Å². The predicted octanol–water partition coefficient (Wildman–Crippen LogP) is 1.89. The van der Waals surface area contributed by atoms with Gasteiger partial charge in [-0.2, -0.15) is 5.10 Å². The SMILES string of the molecule is CC(O)CCc1nn(C)c2ccccc12. The second-order valence-corrected chi connectivity index (χ2v) is 3.98. The first-order valence-electron chi connectivity index (χ1n) is 5.27. The first-order valence-corrected chi connectivity index (χ1v) is 5.27. The highest BCUT2D eigenvalue weighted by atomic mass is 16.3. The van der Waals surface area contributed by atoms with Crippen LogP contribution in [0.4, 0.5) is 0 Å². The number of aryl methyl sites for hydroxylation is 2. The van der Waals surface area contributed by atoms with E-state index in [1.807, 2.05) is 30.8 Å². The Morgan fingerprint density at radius 1 is 1.40 bits per heavy atom. The van der Waals surface area contributed by atoms with E-state index >= 15 is 0 Å². The summed E-state index contributed by atoms with van der Waals surface area (Å²) in [5.74, 6) is 0. The zero-order valence-electron chi connectivity index (χ0n) is 9.14. The van der Waals surface area contributed by atoms with Crippen molar-refractivity contribution in [3.63, 3.8) is 0 Å². The Hall–Kier alpha value is -1.35. The standard InChI is InChI=1S/C12H16N2O/c1-9(15)7-8-11-10-5-3-4-6-12(10)14(2)13-11/h3-6,9,15H,7-8H2,1-2H3. The second kappa shape index (κ2) is 4.03. The Morgan fingerprint density at radius 2 is 2.13 bits per heavy atom. The summed E-state index contributed by atoms with van der Waals surface area (Å²) in [7, 11) is 1.95. The van der Waals surface area contributed by atoms with E-state index in [1.54, 1.807) is 0 Å². The van der Waals surface area contributed by atoms with Gasteiger partial charge < -0.3 is 5.11 Å². The van der Waals surface area contributed by atoms with Crippen LogP contribution in [0.15, 0.2) is 24.3 Å². The number of benzene rings is 1. The average molecular weight is 204 g/mol. The molecule has 1 unspecified atom stereocenters. The van der Waals surface area contributed by atoms with Crippen molar-refractivity contribution in [3.05, 3.63) is 30.0 Å². The fourth-order valence-corrected chi connectivity index (χ4v) is 1.82. The summed E-state index contributed by atoms with van der Waals surface area (Å²) < 4.78 is 1.90. The first kappa shape index (κ1) is 10.2. The Labute approximate surface area is 89.3 Å². The Morgan fingerprint density at radius 3 is 2.87 bits per heavy atom. The van der Waals surface area contributed by atoms with Gasteiger partial charge in [0.1, 0.15) is 0 Å². The third-order valence-corrected chi connectivity index (χ3v) is 2.63. The molecule has 1 atom stereocenters. The number of hydrogen-bond acceptors (Lipinski definition) is 2. The van der Waals surface area contributed by atoms with Crippen LogP contribution in [0.2, 0.25) is 0 Å². The highest BCUT2D eigenvalue weighted by Crippen LogP contribution is 2.18. The molecular formula is C12H16N2O. The molecule has 0 aliphatic heterocycles. The smallest absolute Gasteiger partial charge is 0.0704 e. The van der Waals surface area contributed by atoms with Crippen LogP contribution < -0.4 is 0 Å². The van der Waals surface area contributed by atoms with Crippen LogP contribution in [0.25, 0.3) is 10.9 Å². The molecule has 1 N–H and O–H groups in total. The summed E-state index contributed by atoms with van der Waals surface area (Å²) in [4.78, 5) is 0. The van der Waals surface area contributed by atoms with Crippen molar-refractivity contribution < 1.29 is 5.11 Å². The molecular weight excluding hydrogens is 188 g/mol. The number of fused-ring (bicyclic) bond motifs is 1. The molecule has 80 valence electrons. The maximum atomic E-state index is 9.26. The molecule has 3 heteroatoms. The van der Waals surface area contributed by atoms with Crippen LogP contribution in [0.3, 0.4) is 0 Å². The minimum Gasteiger partial charge on any atom is -0.393 e. The van der Waals surface area contributed by atoms with Crippen LogP contribution >= 0.6 is 0 Å². The lowest BCUT2D eigenvalue weighted by Crippen LogP contribution is -2.02. The molecule has 0 amide bonds. The van der Waals surface area contributed by atoms with E-state index in [0.717, 1.165) is 24.1 Å². The molecule has 2 rings (SSSR count). The minimum atomic E-state index is -0.259. The first-order chi connectivity index (χ1) is 7.18. The maximum absolute atomic E-state index is 9.26. The van der Waals surface area contributed by atoms with Crippen molar-refractivity contribution in [2.75, 3.05) is 0 Å². The molecule has 1 aromatic carbocycles. The van der Waals surface area contributed by atoms with E-state index in [1.165, 1.54) is 5.39 Å². The average Bonchev–Trinajstić information content (AvgIpc) is 2.54. The normalized spacial score (nSPS) is 13.3. The third-order valence-electron chi connectivity index (χ3n) is 2.63. The van der Waals surface area contributed by atoms with Crippen LogP contribution in [0.1, 0.15) is 19.0 Å². The monoisotopic (exact) mass is 204 g/mol. The molecule has 3 nitrogen and oxygen atoms in total. The molecule has 0 spiro atoms. The van der Waals surface area contributed by atoms with Crippen LogP contribution in [0.5, 0.6) is 0 Å². The molecule has 0 saturated carbocycles. The molecule has 2 aromatic rings. The van der Waals surface area contributed by atoms with Crippen molar-refractivity contribution in [1.29, 1.82) is 0 Å². The largest absolute Gasteiger partial charge is 0.393 e. The Kier molecular flexibility index (Phi) is 2.73. The van der Waals surface area contributed by atoms with Gasteiger partial charge in [-0.1, -0.05) is 18.2 Å². The molecule has 0 bridgehead atoms. The molecule has 0 aliphatic rings. The van der Waals surface area contributed by atoms with E-state index < -0.39 is 0 Å². The predicted molar refractivity (Wildman–Crippen MR) is 60.7 cm³/mol. The van der Waals surface area contributed by atoms with Crippen molar-refractivity contribution in [2.24, 2.45) is 7.05 Å². The minimum absolute atomic E-state index is 0.259. The molecule has 0 aliphatic carbocycles. The van der Waals surface area contributed by atoms with Gasteiger partial charge in [0, 0.05) is 12.4 Å². The van der Waals surface area contributed by atoms with E-state index in [9.17, 15) is 5.11 Å². The lowest BCUT2D eigenvalue weighted by atomic mass is 10.1. The quantitative estimate of drug-likeness (QED) is 0.829. The van der Waals surface area contributed by atoms with E-state index in [4.69, 9.17) is 0 Å². The lowest BCUT2D eigenvalue weighted by Gasteiger charge is -2.00. The van der Waals surface area contributed by atoms with E-state index in [0.29, 0.717) is 0 Å². The number of aromatic nitrogens is 2. The second-order valence-electron chi connectivity index (χ2n) is 3.98. The summed E-state index contributed by atoms with van der Waals surface area (Å²) in [6.07, 6.45) is 1.34. The van der Waals surface area contributed by atoms with Crippen molar-refractivity contribution >= 4 is 10.9 Å². The van der Waals surface area contributed by atoms with Gasteiger partial charge >= 0.3 is 0 Å². The van der Waals surface area contributed by atoms with Gasteiger partial charge in [0.2, 0.25) is 0 Å². The van der Waals surface area contributed by atoms with Gasteiger partial charge in [0.25, 0.3) is 0 Å². The lowest BCUT2D eigenvalue weighted by molar-refractivity contribution is 0.184. The van der Waals surface area contributed by atoms with E-state index in [-0.39, 0.29) is 6.10 Å². The zero-order chi connectivity index (χ0) is 10.8. The summed E-state index contributed by atoms with van der Waals surface area (Å²) in [5, 5.41) is 14.9. The summed E-state index contributed by atoms with van der Waals surface area (Å²) in [5.41, 5.74) is 2.23. The summed E-state index contributed by atoms with van der Waals surface area (Å²) in [6, 6.07) is 8.19. The number of rotatable bonds is 3. The highest BCUT2D eigenvalue weighted by molar-refractivity contribution is 5.81. The fourth-order valence-electron chi connectivity index (χ4n) is 1.82. The number of para-hydroxylation sites is 1. The maximum Gasteiger partial charge on any atom is 0.0704 e. The molecule has 1 aromatic heterocycles. The Balaban J connectivity index is 2.35. The van der Waals surface area contributed by atoms with Crippen molar-refractivity contribution in [1.82, 2.24) is 9.78 Å². The zero-order valence-corrected chi connectivity index (χ0v) is 9.14. The van der Waals surface area contributed by atoms with Crippen molar-refractivity contribution in [2.45, 2.75) is 25.9 Å². The number of aliphatic hydroxyl groups is 1. The molecule has 1 heterocycles. The molecule has 0 radical (unpaired) electrons. The van der Waals surface area contributed by atoms with Crippen LogP contribution in [-0.4, -0.2) is 21.0 Å². The van der Waals surface area contributed by atoms with Gasteiger partial charge in [0.05, 0.1) is 17.3 Å². The van der Waals surface area contributed by atoms with Crippen LogP contribution in [-0.2, 0) is 13.5 Å². The highest BCUT2D eigenvalue weighted by Gasteiger charge is 2.08. The summed E-state index contributed by atoms with van der Waals surface area (Å²) in [6.45, 7) is 1.81. The van der Waals surface area contributed by atoms with E-state index in [2.05, 4.69) is 17.2 Å². The fraction of sp³-hybridized carbons (Fsp3) is 0.417. The van der Waals surface area contributed by atoms with Crippen LogP contribution in [0, 0.1) is 0 Å². The van der Waals surface area contributed by atoms with Gasteiger partial charge in [0.15, 0.2) is 0 Å².